The van der Waals surface area contributed by atoms with Crippen LogP contribution in [0.5, 0.6) is 0 Å². The predicted octanol–water partition coefficient (Wildman–Crippen LogP) is 3.97. The van der Waals surface area contributed by atoms with E-state index in [9.17, 15) is 17.6 Å². The number of aromatic nitrogens is 5. The van der Waals surface area contributed by atoms with Gasteiger partial charge in [-0.05, 0) is 18.2 Å². The van der Waals surface area contributed by atoms with Crippen molar-refractivity contribution in [2.75, 3.05) is 0 Å². The summed E-state index contributed by atoms with van der Waals surface area (Å²) >= 11 is 0. The molecule has 7 nitrogen and oxygen atoms in total. The second-order valence-corrected chi connectivity index (χ2v) is 5.83. The van der Waals surface area contributed by atoms with Gasteiger partial charge in [0.15, 0.2) is 17.4 Å². The first-order valence-electron chi connectivity index (χ1n) is 7.96. The molecule has 0 aliphatic heterocycles. The van der Waals surface area contributed by atoms with E-state index in [1.165, 1.54) is 18.3 Å². The summed E-state index contributed by atoms with van der Waals surface area (Å²) in [5, 5.41) is 7.42. The van der Waals surface area contributed by atoms with Crippen LogP contribution in [0.15, 0.2) is 45.6 Å². The normalized spacial score (nSPS) is 11.9. The Morgan fingerprint density at radius 1 is 1.18 bits per heavy atom. The van der Waals surface area contributed by atoms with Crippen molar-refractivity contribution in [2.45, 2.75) is 19.5 Å². The summed E-state index contributed by atoms with van der Waals surface area (Å²) in [5.41, 5.74) is -1.65. The SMILES string of the molecule is Cc1ncc(Cc2noc(-c3cnn(-c4cccc(F)c4)c3C(F)(F)F)n2)o1. The molecule has 144 valence electrons. The van der Waals surface area contributed by atoms with Crippen molar-refractivity contribution in [3.63, 3.8) is 0 Å². The molecule has 0 unspecified atom stereocenters. The largest absolute Gasteiger partial charge is 0.446 e. The Morgan fingerprint density at radius 2 is 2.00 bits per heavy atom. The first-order chi connectivity index (χ1) is 13.3. The number of hydrogen-bond donors (Lipinski definition) is 0. The summed E-state index contributed by atoms with van der Waals surface area (Å²) in [5.74, 6) is -0.0464. The minimum absolute atomic E-state index is 0.0875. The van der Waals surface area contributed by atoms with Crippen LogP contribution in [-0.2, 0) is 12.6 Å². The standard InChI is InChI=1S/C17H11F4N5O2/c1-9-22-7-12(27-9)6-14-24-16(28-25-14)13-8-23-26(15(13)17(19,20)21)11-4-2-3-10(18)5-11/h2-5,7-8H,6H2,1H3. The second kappa shape index (κ2) is 6.59. The zero-order chi connectivity index (χ0) is 19.9. The van der Waals surface area contributed by atoms with Gasteiger partial charge in [0.05, 0.1) is 30.1 Å². The van der Waals surface area contributed by atoms with Crippen LogP contribution in [-0.4, -0.2) is 24.9 Å². The van der Waals surface area contributed by atoms with Crippen molar-refractivity contribution in [3.8, 4) is 17.1 Å². The van der Waals surface area contributed by atoms with Crippen LogP contribution in [0.4, 0.5) is 17.6 Å². The lowest BCUT2D eigenvalue weighted by Gasteiger charge is -2.11. The lowest BCUT2D eigenvalue weighted by molar-refractivity contribution is -0.142. The molecule has 4 aromatic rings. The molecule has 0 saturated heterocycles. The van der Waals surface area contributed by atoms with Gasteiger partial charge in [-0.2, -0.15) is 23.3 Å². The van der Waals surface area contributed by atoms with E-state index in [4.69, 9.17) is 8.94 Å². The van der Waals surface area contributed by atoms with Crippen LogP contribution in [0.25, 0.3) is 17.1 Å². The maximum Gasteiger partial charge on any atom is 0.434 e. The molecule has 1 aromatic carbocycles. The van der Waals surface area contributed by atoms with E-state index < -0.39 is 23.3 Å². The number of nitrogens with zero attached hydrogens (tertiary/aromatic N) is 5. The molecular formula is C17H11F4N5O2. The minimum atomic E-state index is -4.80. The van der Waals surface area contributed by atoms with Gasteiger partial charge in [-0.1, -0.05) is 11.2 Å². The quantitative estimate of drug-likeness (QED) is 0.488. The van der Waals surface area contributed by atoms with Gasteiger partial charge in [-0.3, -0.25) is 0 Å². The fourth-order valence-electron chi connectivity index (χ4n) is 2.66. The molecule has 3 aromatic heterocycles. The molecule has 0 atom stereocenters. The van der Waals surface area contributed by atoms with Crippen molar-refractivity contribution >= 4 is 0 Å². The van der Waals surface area contributed by atoms with Gasteiger partial charge in [-0.25, -0.2) is 14.1 Å². The van der Waals surface area contributed by atoms with Crippen LogP contribution >= 0.6 is 0 Å². The highest BCUT2D eigenvalue weighted by Crippen LogP contribution is 2.38. The number of halogens is 4. The molecule has 4 rings (SSSR count). The maximum absolute atomic E-state index is 13.7. The number of aryl methyl sites for hydroxylation is 1. The van der Waals surface area contributed by atoms with E-state index in [0.717, 1.165) is 18.3 Å². The molecule has 0 spiro atoms. The Labute approximate surface area is 154 Å². The molecule has 0 N–H and O–H groups in total. The number of rotatable bonds is 4. The molecule has 0 amide bonds. The van der Waals surface area contributed by atoms with Crippen LogP contribution in [0, 0.1) is 12.7 Å². The molecule has 0 saturated carbocycles. The fourth-order valence-corrected chi connectivity index (χ4v) is 2.66. The third-order valence-electron chi connectivity index (χ3n) is 3.79. The molecule has 0 bridgehead atoms. The average Bonchev–Trinajstić information content (AvgIpc) is 3.34. The zero-order valence-corrected chi connectivity index (χ0v) is 14.2. The van der Waals surface area contributed by atoms with Gasteiger partial charge in [-0.15, -0.1) is 0 Å². The van der Waals surface area contributed by atoms with Gasteiger partial charge in [0.1, 0.15) is 11.6 Å². The Morgan fingerprint density at radius 3 is 2.68 bits per heavy atom. The van der Waals surface area contributed by atoms with Crippen LogP contribution in [0.3, 0.4) is 0 Å². The van der Waals surface area contributed by atoms with E-state index in [0.29, 0.717) is 16.3 Å². The molecular weight excluding hydrogens is 382 g/mol. The van der Waals surface area contributed by atoms with Gasteiger partial charge >= 0.3 is 6.18 Å². The average molecular weight is 393 g/mol. The summed E-state index contributed by atoms with van der Waals surface area (Å²) < 4.78 is 65.4. The summed E-state index contributed by atoms with van der Waals surface area (Å²) in [6.45, 7) is 1.65. The highest BCUT2D eigenvalue weighted by atomic mass is 19.4. The van der Waals surface area contributed by atoms with Gasteiger partial charge < -0.3 is 8.94 Å². The highest BCUT2D eigenvalue weighted by Gasteiger charge is 2.40. The first kappa shape index (κ1) is 17.9. The van der Waals surface area contributed by atoms with E-state index in [1.54, 1.807) is 6.92 Å². The Bertz CT molecular complexity index is 1130. The topological polar surface area (TPSA) is 82.8 Å². The molecule has 3 heterocycles. The fraction of sp³-hybridized carbons (Fsp3) is 0.176. The predicted molar refractivity (Wildman–Crippen MR) is 85.9 cm³/mol. The highest BCUT2D eigenvalue weighted by molar-refractivity contribution is 5.58. The summed E-state index contributed by atoms with van der Waals surface area (Å²) in [7, 11) is 0. The van der Waals surface area contributed by atoms with Crippen molar-refractivity contribution in [1.82, 2.24) is 24.9 Å². The Hall–Kier alpha value is -3.50. The summed E-state index contributed by atoms with van der Waals surface area (Å²) in [4.78, 5) is 7.91. The summed E-state index contributed by atoms with van der Waals surface area (Å²) in [6.07, 6.45) is -2.28. The Kier molecular flexibility index (Phi) is 4.21. The molecule has 28 heavy (non-hydrogen) atoms. The van der Waals surface area contributed by atoms with Crippen molar-refractivity contribution < 1.29 is 26.5 Å². The van der Waals surface area contributed by atoms with Crippen LogP contribution in [0.1, 0.15) is 23.2 Å². The number of hydrogen-bond acceptors (Lipinski definition) is 6. The van der Waals surface area contributed by atoms with Crippen molar-refractivity contribution in [2.24, 2.45) is 0 Å². The lowest BCUT2D eigenvalue weighted by Crippen LogP contribution is -2.14. The molecule has 11 heteroatoms. The Balaban J connectivity index is 1.74. The monoisotopic (exact) mass is 393 g/mol. The smallest absolute Gasteiger partial charge is 0.434 e. The van der Waals surface area contributed by atoms with E-state index in [1.807, 2.05) is 0 Å². The maximum atomic E-state index is 13.7. The third kappa shape index (κ3) is 3.38. The molecule has 0 radical (unpaired) electrons. The number of oxazole rings is 1. The minimum Gasteiger partial charge on any atom is -0.446 e. The van der Waals surface area contributed by atoms with Crippen LogP contribution < -0.4 is 0 Å². The van der Waals surface area contributed by atoms with Gasteiger partial charge in [0, 0.05) is 6.92 Å². The van der Waals surface area contributed by atoms with Crippen molar-refractivity contribution in [3.05, 3.63) is 65.6 Å². The van der Waals surface area contributed by atoms with Gasteiger partial charge in [0.2, 0.25) is 0 Å². The lowest BCUT2D eigenvalue weighted by atomic mass is 10.2. The second-order valence-electron chi connectivity index (χ2n) is 5.83. The molecule has 0 aliphatic carbocycles. The van der Waals surface area contributed by atoms with E-state index in [2.05, 4.69) is 20.2 Å². The number of benzene rings is 1. The molecule has 0 aliphatic rings. The third-order valence-corrected chi connectivity index (χ3v) is 3.79. The van der Waals surface area contributed by atoms with E-state index in [-0.39, 0.29) is 23.8 Å². The number of alkyl halides is 3. The van der Waals surface area contributed by atoms with Crippen molar-refractivity contribution in [1.29, 1.82) is 0 Å². The van der Waals surface area contributed by atoms with Gasteiger partial charge in [0.25, 0.3) is 5.89 Å². The van der Waals surface area contributed by atoms with Crippen LogP contribution in [0.2, 0.25) is 0 Å². The molecule has 0 fully saturated rings. The van der Waals surface area contributed by atoms with E-state index >= 15 is 0 Å². The zero-order valence-electron chi connectivity index (χ0n) is 14.2. The first-order valence-corrected chi connectivity index (χ1v) is 7.96. The summed E-state index contributed by atoms with van der Waals surface area (Å²) in [6, 6.07) is 4.66.